The molecule has 3 amide bonds. The number of nitrogens with one attached hydrogen (secondary N) is 3. The Morgan fingerprint density at radius 3 is 2.38 bits per heavy atom. The molecule has 11 heteroatoms. The van der Waals surface area contributed by atoms with Crippen molar-refractivity contribution in [2.24, 2.45) is 17.3 Å². The molecule has 2 aromatic rings. The van der Waals surface area contributed by atoms with Crippen molar-refractivity contribution in [3.63, 3.8) is 0 Å². The van der Waals surface area contributed by atoms with Gasteiger partial charge in [-0.15, -0.1) is 0 Å². The van der Waals surface area contributed by atoms with Gasteiger partial charge in [0.2, 0.25) is 17.7 Å². The number of hydrogen-bond donors (Lipinski definition) is 3. The fourth-order valence-corrected chi connectivity index (χ4v) is 5.89. The molecule has 0 unspecified atom stereocenters. The van der Waals surface area contributed by atoms with Gasteiger partial charge in [-0.05, 0) is 55.5 Å². The first-order valence-corrected chi connectivity index (χ1v) is 16.5. The van der Waals surface area contributed by atoms with Crippen molar-refractivity contribution in [3.05, 3.63) is 76.8 Å². The lowest BCUT2D eigenvalue weighted by atomic mass is 9.90. The standard InChI is InChI=1S/C36H46ClN3O7/c1-21(2)17-27-34(43)46-28(22(3)31-32(47-31)24-11-8-7-9-12-24)13-10-14-30(41)39-26(19-23-15-16-29(45-6)25(37)18-23)33(42)38-20-36(4,5)35(44)40-27/h7-12,14-16,18,21-22,26-28,31-32H,13,17,19-20H2,1-6H3,(H,38,42)(H,39,41)(H,40,44)/b14-10+/t22-,26+,27-,28-,31+,32+/m0/s1. The van der Waals surface area contributed by atoms with Gasteiger partial charge < -0.3 is 30.2 Å². The lowest BCUT2D eigenvalue weighted by molar-refractivity contribution is -0.157. The zero-order valence-electron chi connectivity index (χ0n) is 27.9. The highest BCUT2D eigenvalue weighted by molar-refractivity contribution is 6.32. The van der Waals surface area contributed by atoms with Gasteiger partial charge in [0, 0.05) is 25.3 Å². The van der Waals surface area contributed by atoms with Gasteiger partial charge in [0.25, 0.3) is 0 Å². The number of esters is 1. The van der Waals surface area contributed by atoms with Crippen LogP contribution in [0.5, 0.6) is 5.75 Å². The van der Waals surface area contributed by atoms with Crippen LogP contribution >= 0.6 is 11.6 Å². The Balaban J connectivity index is 1.61. The van der Waals surface area contributed by atoms with Crippen LogP contribution in [0.1, 0.15) is 64.7 Å². The van der Waals surface area contributed by atoms with E-state index in [1.54, 1.807) is 38.1 Å². The Bertz CT molecular complexity index is 1460. The largest absolute Gasteiger partial charge is 0.495 e. The summed E-state index contributed by atoms with van der Waals surface area (Å²) in [6.45, 7) is 9.21. The molecule has 2 aromatic carbocycles. The van der Waals surface area contributed by atoms with Crippen LogP contribution in [0.15, 0.2) is 60.7 Å². The van der Waals surface area contributed by atoms with Gasteiger partial charge in [0.15, 0.2) is 0 Å². The molecule has 0 spiro atoms. The Morgan fingerprint density at radius 1 is 1.00 bits per heavy atom. The molecule has 2 aliphatic rings. The number of hydrogen-bond acceptors (Lipinski definition) is 7. The average Bonchev–Trinajstić information content (AvgIpc) is 3.83. The normalized spacial score (nSPS) is 26.8. The van der Waals surface area contributed by atoms with Crippen molar-refractivity contribution in [2.75, 3.05) is 13.7 Å². The first kappa shape index (κ1) is 36.0. The van der Waals surface area contributed by atoms with E-state index in [2.05, 4.69) is 16.0 Å². The second kappa shape index (κ2) is 15.8. The van der Waals surface area contributed by atoms with Crippen LogP contribution in [-0.2, 0) is 35.1 Å². The van der Waals surface area contributed by atoms with Crippen molar-refractivity contribution < 1.29 is 33.4 Å². The molecule has 47 heavy (non-hydrogen) atoms. The van der Waals surface area contributed by atoms with Crippen molar-refractivity contribution in [3.8, 4) is 5.75 Å². The zero-order chi connectivity index (χ0) is 34.3. The predicted octanol–water partition coefficient (Wildman–Crippen LogP) is 4.70. The number of rotatable bonds is 8. The van der Waals surface area contributed by atoms with E-state index in [0.29, 0.717) is 22.8 Å². The minimum absolute atomic E-state index is 0.0355. The van der Waals surface area contributed by atoms with Gasteiger partial charge in [0.05, 0.1) is 23.7 Å². The maximum absolute atomic E-state index is 13.6. The molecule has 10 nitrogen and oxygen atoms in total. The fourth-order valence-electron chi connectivity index (χ4n) is 5.61. The lowest BCUT2D eigenvalue weighted by Gasteiger charge is -2.30. The SMILES string of the molecule is COc1ccc(C[C@H]2NC(=O)/C=C/C[C@@H]([C@H](C)[C@H]3O[C@@H]3c3ccccc3)OC(=O)[C@H](CC(C)C)NC(=O)C(C)(C)CNC2=O)cc1Cl. The van der Waals surface area contributed by atoms with E-state index in [1.165, 1.54) is 13.2 Å². The Morgan fingerprint density at radius 2 is 1.72 bits per heavy atom. The van der Waals surface area contributed by atoms with E-state index in [-0.39, 0.29) is 43.4 Å². The summed E-state index contributed by atoms with van der Waals surface area (Å²) in [5.74, 6) is -1.56. The van der Waals surface area contributed by atoms with Crippen LogP contribution in [0.4, 0.5) is 0 Å². The molecule has 4 rings (SSSR count). The number of benzene rings is 2. The fraction of sp³-hybridized carbons (Fsp3) is 0.500. The van der Waals surface area contributed by atoms with Gasteiger partial charge in [0.1, 0.15) is 30.0 Å². The van der Waals surface area contributed by atoms with E-state index in [4.69, 9.17) is 25.8 Å². The average molecular weight is 668 g/mol. The van der Waals surface area contributed by atoms with E-state index < -0.39 is 47.3 Å². The molecule has 0 aromatic heterocycles. The molecule has 0 radical (unpaired) electrons. The number of amides is 3. The molecular weight excluding hydrogens is 622 g/mol. The van der Waals surface area contributed by atoms with Crippen LogP contribution in [-0.4, -0.2) is 61.6 Å². The van der Waals surface area contributed by atoms with Crippen molar-refractivity contribution in [1.82, 2.24) is 16.0 Å². The molecule has 1 fully saturated rings. The van der Waals surface area contributed by atoms with Crippen LogP contribution in [0, 0.1) is 17.3 Å². The number of epoxide rings is 1. The second-order valence-electron chi connectivity index (χ2n) is 13.4. The molecule has 3 N–H and O–H groups in total. The first-order chi connectivity index (χ1) is 22.3. The third kappa shape index (κ3) is 9.81. The van der Waals surface area contributed by atoms with E-state index in [1.807, 2.05) is 51.1 Å². The summed E-state index contributed by atoms with van der Waals surface area (Å²) >= 11 is 6.32. The van der Waals surface area contributed by atoms with Crippen LogP contribution < -0.4 is 20.7 Å². The second-order valence-corrected chi connectivity index (χ2v) is 13.8. The number of carbonyl (C=O) groups is 4. The number of halogens is 1. The van der Waals surface area contributed by atoms with E-state index in [9.17, 15) is 19.2 Å². The lowest BCUT2D eigenvalue weighted by Crippen LogP contribution is -2.54. The van der Waals surface area contributed by atoms with Gasteiger partial charge in [-0.2, -0.15) is 0 Å². The van der Waals surface area contributed by atoms with Crippen LogP contribution in [0.2, 0.25) is 5.02 Å². The summed E-state index contributed by atoms with van der Waals surface area (Å²) in [6.07, 6.45) is 2.76. The van der Waals surface area contributed by atoms with E-state index in [0.717, 1.165) is 5.56 Å². The predicted molar refractivity (Wildman–Crippen MR) is 179 cm³/mol. The van der Waals surface area contributed by atoms with Crippen LogP contribution in [0.25, 0.3) is 0 Å². The molecule has 6 atom stereocenters. The molecule has 1 saturated heterocycles. The van der Waals surface area contributed by atoms with Gasteiger partial charge in [-0.25, -0.2) is 4.79 Å². The number of cyclic esters (lactones) is 1. The maximum Gasteiger partial charge on any atom is 0.328 e. The minimum Gasteiger partial charge on any atom is -0.495 e. The Labute approximate surface area is 281 Å². The molecular formula is C36H46ClN3O7. The maximum atomic E-state index is 13.6. The summed E-state index contributed by atoms with van der Waals surface area (Å²) in [5.41, 5.74) is 0.659. The molecule has 0 bridgehead atoms. The first-order valence-electron chi connectivity index (χ1n) is 16.1. The molecule has 0 saturated carbocycles. The summed E-state index contributed by atoms with van der Waals surface area (Å²) in [7, 11) is 1.51. The van der Waals surface area contributed by atoms with Gasteiger partial charge in [-0.1, -0.05) is 74.8 Å². The van der Waals surface area contributed by atoms with Crippen molar-refractivity contribution in [1.29, 1.82) is 0 Å². The quantitative estimate of drug-likeness (QED) is 0.274. The van der Waals surface area contributed by atoms with Crippen molar-refractivity contribution >= 4 is 35.3 Å². The third-order valence-electron chi connectivity index (χ3n) is 8.57. The molecule has 2 heterocycles. The van der Waals surface area contributed by atoms with Crippen molar-refractivity contribution in [2.45, 2.75) is 84.3 Å². The summed E-state index contributed by atoms with van der Waals surface area (Å²) < 4.78 is 17.4. The monoisotopic (exact) mass is 667 g/mol. The third-order valence-corrected chi connectivity index (χ3v) is 8.86. The molecule has 0 aliphatic carbocycles. The molecule has 2 aliphatic heterocycles. The zero-order valence-corrected chi connectivity index (χ0v) is 28.6. The highest BCUT2D eigenvalue weighted by Gasteiger charge is 2.47. The summed E-state index contributed by atoms with van der Waals surface area (Å²) in [6, 6.07) is 13.1. The summed E-state index contributed by atoms with van der Waals surface area (Å²) in [5, 5.41) is 8.86. The Kier molecular flexibility index (Phi) is 12.1. The summed E-state index contributed by atoms with van der Waals surface area (Å²) in [4.78, 5) is 53.8. The van der Waals surface area contributed by atoms with Gasteiger partial charge in [-0.3, -0.25) is 14.4 Å². The Hall–Kier alpha value is -3.89. The van der Waals surface area contributed by atoms with E-state index >= 15 is 0 Å². The highest BCUT2D eigenvalue weighted by atomic mass is 35.5. The highest BCUT2D eigenvalue weighted by Crippen LogP contribution is 2.45. The smallest absolute Gasteiger partial charge is 0.328 e. The van der Waals surface area contributed by atoms with Gasteiger partial charge >= 0.3 is 5.97 Å². The number of methoxy groups -OCH3 is 1. The minimum atomic E-state index is -1.09. The number of ether oxygens (including phenoxy) is 3. The number of carbonyl (C=O) groups excluding carboxylic acids is 4. The van der Waals surface area contributed by atoms with Crippen LogP contribution in [0.3, 0.4) is 0 Å². The topological polar surface area (TPSA) is 135 Å². The molecule has 254 valence electrons.